The zero-order valence-electron chi connectivity index (χ0n) is 19.5. The average Bonchev–Trinajstić information content (AvgIpc) is 2.83. The lowest BCUT2D eigenvalue weighted by Gasteiger charge is -2.23. The number of methoxy groups -OCH3 is 1. The molecule has 0 unspecified atom stereocenters. The van der Waals surface area contributed by atoms with Crippen LogP contribution in [0.4, 0.5) is 0 Å². The SMILES string of the molecule is COc1ccc(-c2cc(=O)oc3cc(OCC(=O)NCC(=O)N[C@H](C(=O)[O-])C(C)C)ccc23)cc1. The van der Waals surface area contributed by atoms with Gasteiger partial charge in [0.25, 0.3) is 5.91 Å². The quantitative estimate of drug-likeness (QED) is 0.405. The van der Waals surface area contributed by atoms with Crippen molar-refractivity contribution in [1.82, 2.24) is 10.6 Å². The van der Waals surface area contributed by atoms with Crippen molar-refractivity contribution in [3.05, 3.63) is 59.0 Å². The van der Waals surface area contributed by atoms with Gasteiger partial charge in [-0.3, -0.25) is 9.59 Å². The molecule has 35 heavy (non-hydrogen) atoms. The number of nitrogens with one attached hydrogen (secondary N) is 2. The minimum Gasteiger partial charge on any atom is -0.548 e. The fourth-order valence-electron chi connectivity index (χ4n) is 3.34. The van der Waals surface area contributed by atoms with Gasteiger partial charge in [0, 0.05) is 17.5 Å². The molecular formula is C25H25N2O8-. The number of rotatable bonds is 10. The van der Waals surface area contributed by atoms with Crippen LogP contribution >= 0.6 is 0 Å². The molecule has 1 heterocycles. The molecule has 10 heteroatoms. The Kier molecular flexibility index (Phi) is 8.08. The van der Waals surface area contributed by atoms with Gasteiger partial charge in [0.15, 0.2) is 6.61 Å². The molecule has 0 fully saturated rings. The molecule has 0 bridgehead atoms. The topological polar surface area (TPSA) is 147 Å². The minimum atomic E-state index is -1.40. The Morgan fingerprint density at radius 3 is 2.31 bits per heavy atom. The maximum atomic E-state index is 12.1. The number of carboxylic acids is 1. The van der Waals surface area contributed by atoms with Crippen molar-refractivity contribution in [3.8, 4) is 22.6 Å². The van der Waals surface area contributed by atoms with Crippen molar-refractivity contribution >= 4 is 28.8 Å². The molecule has 0 saturated heterocycles. The number of carboxylic acid groups (broad SMARTS) is 1. The van der Waals surface area contributed by atoms with Crippen LogP contribution in [0.1, 0.15) is 13.8 Å². The van der Waals surface area contributed by atoms with Crippen LogP contribution < -0.4 is 30.8 Å². The minimum absolute atomic E-state index is 0.280. The van der Waals surface area contributed by atoms with E-state index in [1.165, 1.54) is 12.1 Å². The fourth-order valence-corrected chi connectivity index (χ4v) is 3.34. The monoisotopic (exact) mass is 481 g/mol. The number of aliphatic carboxylic acids is 1. The third kappa shape index (κ3) is 6.59. The van der Waals surface area contributed by atoms with Gasteiger partial charge < -0.3 is 34.4 Å². The first-order chi connectivity index (χ1) is 16.7. The summed E-state index contributed by atoms with van der Waals surface area (Å²) in [6, 6.07) is 12.3. The second-order valence-electron chi connectivity index (χ2n) is 8.04. The summed E-state index contributed by atoms with van der Waals surface area (Å²) in [7, 11) is 1.57. The smallest absolute Gasteiger partial charge is 0.336 e. The maximum Gasteiger partial charge on any atom is 0.336 e. The first kappa shape index (κ1) is 25.3. The van der Waals surface area contributed by atoms with Crippen molar-refractivity contribution < 1.29 is 33.4 Å². The molecule has 0 aliphatic rings. The zero-order valence-corrected chi connectivity index (χ0v) is 19.5. The van der Waals surface area contributed by atoms with Gasteiger partial charge in [0.2, 0.25) is 5.91 Å². The Morgan fingerprint density at radius 1 is 1.00 bits per heavy atom. The lowest BCUT2D eigenvalue weighted by molar-refractivity contribution is -0.309. The van der Waals surface area contributed by atoms with Crippen molar-refractivity contribution in [2.24, 2.45) is 5.92 Å². The van der Waals surface area contributed by atoms with Gasteiger partial charge in [0.1, 0.15) is 17.1 Å². The molecule has 3 aromatic rings. The zero-order chi connectivity index (χ0) is 25.5. The maximum absolute atomic E-state index is 12.1. The predicted molar refractivity (Wildman–Crippen MR) is 125 cm³/mol. The second-order valence-corrected chi connectivity index (χ2v) is 8.04. The molecule has 1 atom stereocenters. The molecule has 3 rings (SSSR count). The summed E-state index contributed by atoms with van der Waals surface area (Å²) in [5.41, 5.74) is 1.21. The Bertz CT molecular complexity index is 1280. The van der Waals surface area contributed by atoms with Crippen LogP contribution in [0.15, 0.2) is 57.7 Å². The van der Waals surface area contributed by atoms with Crippen LogP contribution in [-0.4, -0.2) is 44.1 Å². The summed E-state index contributed by atoms with van der Waals surface area (Å²) in [4.78, 5) is 47.1. The summed E-state index contributed by atoms with van der Waals surface area (Å²) < 4.78 is 15.9. The molecule has 0 aliphatic heterocycles. The highest BCUT2D eigenvalue weighted by Crippen LogP contribution is 2.30. The lowest BCUT2D eigenvalue weighted by Crippen LogP contribution is -2.53. The van der Waals surface area contributed by atoms with Crippen LogP contribution in [-0.2, 0) is 14.4 Å². The van der Waals surface area contributed by atoms with Crippen molar-refractivity contribution in [2.75, 3.05) is 20.3 Å². The van der Waals surface area contributed by atoms with E-state index >= 15 is 0 Å². The Morgan fingerprint density at radius 2 is 1.69 bits per heavy atom. The van der Waals surface area contributed by atoms with E-state index in [9.17, 15) is 24.3 Å². The van der Waals surface area contributed by atoms with E-state index in [1.807, 2.05) is 12.1 Å². The Balaban J connectivity index is 1.64. The fraction of sp³-hybridized carbons (Fsp3) is 0.280. The van der Waals surface area contributed by atoms with Gasteiger partial charge in [-0.2, -0.15) is 0 Å². The van der Waals surface area contributed by atoms with Gasteiger partial charge >= 0.3 is 5.63 Å². The van der Waals surface area contributed by atoms with Gasteiger partial charge in [-0.1, -0.05) is 26.0 Å². The summed E-state index contributed by atoms with van der Waals surface area (Å²) in [6.45, 7) is 2.42. The highest BCUT2D eigenvalue weighted by molar-refractivity contribution is 5.94. The summed E-state index contributed by atoms with van der Waals surface area (Å²) in [6.07, 6.45) is 0. The molecule has 0 radical (unpaired) electrons. The molecule has 0 spiro atoms. The summed E-state index contributed by atoms with van der Waals surface area (Å²) in [5, 5.41) is 16.4. The van der Waals surface area contributed by atoms with Crippen LogP contribution in [0.5, 0.6) is 11.5 Å². The van der Waals surface area contributed by atoms with E-state index < -0.39 is 42.6 Å². The average molecular weight is 481 g/mol. The van der Waals surface area contributed by atoms with E-state index in [4.69, 9.17) is 13.9 Å². The second kappa shape index (κ2) is 11.2. The van der Waals surface area contributed by atoms with Gasteiger partial charge in [-0.25, -0.2) is 4.79 Å². The number of ether oxygens (including phenoxy) is 2. The molecular weight excluding hydrogens is 456 g/mol. The van der Waals surface area contributed by atoms with E-state index in [-0.39, 0.29) is 17.3 Å². The highest BCUT2D eigenvalue weighted by Gasteiger charge is 2.17. The largest absolute Gasteiger partial charge is 0.548 e. The number of fused-ring (bicyclic) bond motifs is 1. The van der Waals surface area contributed by atoms with Crippen molar-refractivity contribution in [2.45, 2.75) is 19.9 Å². The highest BCUT2D eigenvalue weighted by atomic mass is 16.5. The van der Waals surface area contributed by atoms with Crippen LogP contribution in [0, 0.1) is 5.92 Å². The molecule has 1 aromatic heterocycles. The van der Waals surface area contributed by atoms with Crippen LogP contribution in [0.25, 0.3) is 22.1 Å². The molecule has 2 N–H and O–H groups in total. The Labute approximate surface area is 200 Å². The van der Waals surface area contributed by atoms with Crippen molar-refractivity contribution in [1.29, 1.82) is 0 Å². The summed E-state index contributed by atoms with van der Waals surface area (Å²) in [5.74, 6) is -2.07. The number of carbonyl (C=O) groups excluding carboxylic acids is 3. The molecule has 10 nitrogen and oxygen atoms in total. The van der Waals surface area contributed by atoms with Gasteiger partial charge in [-0.15, -0.1) is 0 Å². The first-order valence-corrected chi connectivity index (χ1v) is 10.8. The molecule has 2 amide bonds. The number of hydrogen-bond acceptors (Lipinski definition) is 8. The standard InChI is InChI=1S/C25H26N2O8/c1-14(2)24(25(31)32)27-21(28)12-26-22(29)13-34-17-8-9-18-19(11-23(30)35-20(18)10-17)15-4-6-16(33-3)7-5-15/h4-11,14,24H,12-13H2,1-3H3,(H,26,29)(H,27,28)(H,31,32)/p-1/t24-/m0/s1. The first-order valence-electron chi connectivity index (χ1n) is 10.8. The number of carbonyl (C=O) groups is 3. The number of benzene rings is 2. The number of hydrogen-bond donors (Lipinski definition) is 2. The van der Waals surface area contributed by atoms with E-state index in [1.54, 1.807) is 45.2 Å². The van der Waals surface area contributed by atoms with Crippen LogP contribution in [0.3, 0.4) is 0 Å². The van der Waals surface area contributed by atoms with Gasteiger partial charge in [0.05, 0.1) is 25.7 Å². The van der Waals surface area contributed by atoms with E-state index in [0.29, 0.717) is 16.7 Å². The molecule has 0 aliphatic carbocycles. The van der Waals surface area contributed by atoms with Gasteiger partial charge in [-0.05, 0) is 41.3 Å². The third-order valence-electron chi connectivity index (χ3n) is 5.17. The summed E-state index contributed by atoms with van der Waals surface area (Å²) >= 11 is 0. The Hall–Kier alpha value is -4.34. The van der Waals surface area contributed by atoms with E-state index in [2.05, 4.69) is 10.6 Å². The number of amides is 2. The normalized spacial score (nSPS) is 11.7. The van der Waals surface area contributed by atoms with E-state index in [0.717, 1.165) is 5.56 Å². The lowest BCUT2D eigenvalue weighted by atomic mass is 10.0. The molecule has 184 valence electrons. The molecule has 0 saturated carbocycles. The molecule has 2 aromatic carbocycles. The third-order valence-corrected chi connectivity index (χ3v) is 5.17. The predicted octanol–water partition coefficient (Wildman–Crippen LogP) is 0.854. The van der Waals surface area contributed by atoms with Crippen molar-refractivity contribution in [3.63, 3.8) is 0 Å². The van der Waals surface area contributed by atoms with Crippen LogP contribution in [0.2, 0.25) is 0 Å².